The summed E-state index contributed by atoms with van der Waals surface area (Å²) in [5.41, 5.74) is 7.06. The van der Waals surface area contributed by atoms with Crippen LogP contribution in [0.5, 0.6) is 0 Å². The van der Waals surface area contributed by atoms with Crippen LogP contribution in [0.15, 0.2) is 0 Å². The van der Waals surface area contributed by atoms with E-state index in [-0.39, 0.29) is 0 Å². The summed E-state index contributed by atoms with van der Waals surface area (Å²) in [5, 5.41) is 3.54. The first-order valence-corrected chi connectivity index (χ1v) is 6.67. The molecule has 0 aromatic carbocycles. The minimum atomic E-state index is 0.347. The summed E-state index contributed by atoms with van der Waals surface area (Å²) in [6, 6.07) is 0.347. The molecule has 2 unspecified atom stereocenters. The molecule has 0 heterocycles. The Hall–Kier alpha value is -0.0800. The Balaban J connectivity index is 1.99. The third-order valence-corrected chi connectivity index (χ3v) is 3.67. The van der Waals surface area contributed by atoms with Gasteiger partial charge < -0.3 is 11.1 Å². The largest absolute Gasteiger partial charge is 0.328 e. The fraction of sp³-hybridized carbons (Fsp3) is 1.00. The first kappa shape index (κ1) is 14.0. The monoisotopic (exact) mass is 226 g/mol. The molecule has 0 spiro atoms. The van der Waals surface area contributed by atoms with Crippen LogP contribution in [0.4, 0.5) is 0 Å². The van der Waals surface area contributed by atoms with Crippen molar-refractivity contribution in [2.45, 2.75) is 59.9 Å². The maximum Gasteiger partial charge on any atom is 0.00558 e. The molecule has 0 aromatic heterocycles. The summed E-state index contributed by atoms with van der Waals surface area (Å²) in [4.78, 5) is 0. The Morgan fingerprint density at radius 1 is 1.38 bits per heavy atom. The van der Waals surface area contributed by atoms with Crippen LogP contribution >= 0.6 is 0 Å². The SMILES string of the molecule is CC(C)(C)CC(N)CCNCC1CC1(C)C. The average molecular weight is 226 g/mol. The molecule has 1 aliphatic rings. The van der Waals surface area contributed by atoms with E-state index in [0.29, 0.717) is 16.9 Å². The van der Waals surface area contributed by atoms with E-state index in [1.807, 2.05) is 0 Å². The summed E-state index contributed by atoms with van der Waals surface area (Å²) in [5.74, 6) is 0.895. The van der Waals surface area contributed by atoms with Crippen molar-refractivity contribution in [2.75, 3.05) is 13.1 Å². The van der Waals surface area contributed by atoms with Gasteiger partial charge in [0.2, 0.25) is 0 Å². The molecule has 1 aliphatic carbocycles. The van der Waals surface area contributed by atoms with Gasteiger partial charge in [-0.15, -0.1) is 0 Å². The predicted molar refractivity (Wildman–Crippen MR) is 71.4 cm³/mol. The van der Waals surface area contributed by atoms with Crippen LogP contribution in [-0.2, 0) is 0 Å². The molecule has 1 fully saturated rings. The zero-order valence-electron chi connectivity index (χ0n) is 11.8. The number of rotatable bonds is 6. The molecule has 0 amide bonds. The summed E-state index contributed by atoms with van der Waals surface area (Å²) < 4.78 is 0. The lowest BCUT2D eigenvalue weighted by Crippen LogP contribution is -2.31. The number of hydrogen-bond donors (Lipinski definition) is 2. The molecule has 2 nitrogen and oxygen atoms in total. The molecule has 1 rings (SSSR count). The topological polar surface area (TPSA) is 38.0 Å². The lowest BCUT2D eigenvalue weighted by molar-refractivity contribution is 0.328. The van der Waals surface area contributed by atoms with E-state index in [2.05, 4.69) is 39.9 Å². The average Bonchev–Trinajstić information content (AvgIpc) is 2.65. The van der Waals surface area contributed by atoms with Gasteiger partial charge in [0.15, 0.2) is 0 Å². The Morgan fingerprint density at radius 3 is 2.38 bits per heavy atom. The Bertz CT molecular complexity index is 215. The number of hydrogen-bond acceptors (Lipinski definition) is 2. The molecule has 1 saturated carbocycles. The Labute approximate surface area is 101 Å². The van der Waals surface area contributed by atoms with Crippen LogP contribution in [0.2, 0.25) is 0 Å². The quantitative estimate of drug-likeness (QED) is 0.684. The third kappa shape index (κ3) is 5.31. The van der Waals surface area contributed by atoms with Crippen molar-refractivity contribution in [3.05, 3.63) is 0 Å². The van der Waals surface area contributed by atoms with E-state index in [0.717, 1.165) is 25.3 Å². The van der Waals surface area contributed by atoms with Gasteiger partial charge in [-0.25, -0.2) is 0 Å². The van der Waals surface area contributed by atoms with Crippen LogP contribution in [0.1, 0.15) is 53.9 Å². The summed E-state index contributed by atoms with van der Waals surface area (Å²) in [6.07, 6.45) is 3.60. The van der Waals surface area contributed by atoms with Crippen LogP contribution in [0, 0.1) is 16.7 Å². The van der Waals surface area contributed by atoms with Crippen molar-refractivity contribution in [1.29, 1.82) is 0 Å². The van der Waals surface area contributed by atoms with Crippen LogP contribution < -0.4 is 11.1 Å². The molecule has 3 N–H and O–H groups in total. The van der Waals surface area contributed by atoms with Crippen LogP contribution in [0.25, 0.3) is 0 Å². The lowest BCUT2D eigenvalue weighted by atomic mass is 9.87. The van der Waals surface area contributed by atoms with Crippen molar-refractivity contribution in [1.82, 2.24) is 5.32 Å². The van der Waals surface area contributed by atoms with Gasteiger partial charge in [0.05, 0.1) is 0 Å². The van der Waals surface area contributed by atoms with E-state index in [9.17, 15) is 0 Å². The summed E-state index contributed by atoms with van der Waals surface area (Å²) >= 11 is 0. The number of nitrogens with one attached hydrogen (secondary N) is 1. The van der Waals surface area contributed by atoms with Crippen molar-refractivity contribution in [3.63, 3.8) is 0 Å². The molecule has 0 saturated heterocycles. The molecule has 2 atom stereocenters. The van der Waals surface area contributed by atoms with E-state index >= 15 is 0 Å². The first-order valence-electron chi connectivity index (χ1n) is 6.67. The van der Waals surface area contributed by atoms with E-state index in [4.69, 9.17) is 5.73 Å². The highest BCUT2D eigenvalue weighted by atomic mass is 14.9. The lowest BCUT2D eigenvalue weighted by Gasteiger charge is -2.23. The van der Waals surface area contributed by atoms with Gasteiger partial charge in [-0.3, -0.25) is 0 Å². The second kappa shape index (κ2) is 5.05. The van der Waals surface area contributed by atoms with E-state index in [1.54, 1.807) is 0 Å². The normalized spacial score (nSPS) is 25.5. The van der Waals surface area contributed by atoms with Gasteiger partial charge in [0.25, 0.3) is 0 Å². The van der Waals surface area contributed by atoms with Crippen molar-refractivity contribution in [3.8, 4) is 0 Å². The highest BCUT2D eigenvalue weighted by Crippen LogP contribution is 2.50. The Kier molecular flexibility index (Phi) is 4.42. The molecule has 0 aliphatic heterocycles. The third-order valence-electron chi connectivity index (χ3n) is 3.67. The second-order valence-electron chi connectivity index (χ2n) is 7.41. The van der Waals surface area contributed by atoms with E-state index < -0.39 is 0 Å². The maximum atomic E-state index is 6.11. The summed E-state index contributed by atoms with van der Waals surface area (Å²) in [6.45, 7) is 13.7. The van der Waals surface area contributed by atoms with Crippen molar-refractivity contribution in [2.24, 2.45) is 22.5 Å². The molecule has 2 heteroatoms. The van der Waals surface area contributed by atoms with Gasteiger partial charge in [-0.05, 0) is 49.1 Å². The van der Waals surface area contributed by atoms with Crippen LogP contribution in [-0.4, -0.2) is 19.1 Å². The van der Waals surface area contributed by atoms with Crippen molar-refractivity contribution >= 4 is 0 Å². The number of nitrogens with two attached hydrogens (primary N) is 1. The zero-order valence-corrected chi connectivity index (χ0v) is 11.8. The fourth-order valence-corrected chi connectivity index (χ4v) is 2.38. The first-order chi connectivity index (χ1) is 7.21. The molecular weight excluding hydrogens is 196 g/mol. The highest BCUT2D eigenvalue weighted by molar-refractivity contribution is 4.96. The Morgan fingerprint density at radius 2 is 1.94 bits per heavy atom. The maximum absolute atomic E-state index is 6.11. The molecule has 0 aromatic rings. The predicted octanol–water partition coefficient (Wildman–Crippen LogP) is 2.78. The van der Waals surface area contributed by atoms with Gasteiger partial charge >= 0.3 is 0 Å². The zero-order chi connectivity index (χ0) is 12.4. The fourth-order valence-electron chi connectivity index (χ4n) is 2.38. The molecular formula is C14H30N2. The van der Waals surface area contributed by atoms with Gasteiger partial charge in [-0.2, -0.15) is 0 Å². The molecule has 0 bridgehead atoms. The van der Waals surface area contributed by atoms with Crippen molar-refractivity contribution < 1.29 is 0 Å². The summed E-state index contributed by atoms with van der Waals surface area (Å²) in [7, 11) is 0. The van der Waals surface area contributed by atoms with Crippen LogP contribution in [0.3, 0.4) is 0 Å². The minimum absolute atomic E-state index is 0.347. The van der Waals surface area contributed by atoms with Gasteiger partial charge in [0.1, 0.15) is 0 Å². The molecule has 96 valence electrons. The highest BCUT2D eigenvalue weighted by Gasteiger charge is 2.44. The van der Waals surface area contributed by atoms with E-state index in [1.165, 1.54) is 13.0 Å². The minimum Gasteiger partial charge on any atom is -0.328 e. The molecule has 16 heavy (non-hydrogen) atoms. The molecule has 0 radical (unpaired) electrons. The van der Waals surface area contributed by atoms with Gasteiger partial charge in [-0.1, -0.05) is 34.6 Å². The standard InChI is InChI=1S/C14H30N2/c1-13(2,3)9-12(15)6-7-16-10-11-8-14(11,4)5/h11-12,16H,6-10,15H2,1-5H3. The smallest absolute Gasteiger partial charge is 0.00558 e. The second-order valence-corrected chi connectivity index (χ2v) is 7.41. The van der Waals surface area contributed by atoms with Gasteiger partial charge in [0, 0.05) is 6.04 Å².